The number of aromatic hydroxyl groups is 1. The van der Waals surface area contributed by atoms with Crippen molar-refractivity contribution in [1.29, 1.82) is 0 Å². The maximum atomic E-state index is 13.0. The number of methoxy groups -OCH3 is 1. The van der Waals surface area contributed by atoms with Crippen LogP contribution in [-0.2, 0) is 6.18 Å². The maximum absolute atomic E-state index is 13.0. The Morgan fingerprint density at radius 1 is 1.03 bits per heavy atom. The summed E-state index contributed by atoms with van der Waals surface area (Å²) < 4.78 is 44.2. The van der Waals surface area contributed by atoms with Crippen LogP contribution in [0.15, 0.2) is 71.7 Å². The number of halogens is 4. The number of phenols is 1. The summed E-state index contributed by atoms with van der Waals surface area (Å²) in [6, 6.07) is 16.7. The Labute approximate surface area is 188 Å². The molecule has 0 saturated heterocycles. The normalized spacial score (nSPS) is 18.8. The van der Waals surface area contributed by atoms with E-state index in [1.54, 1.807) is 19.2 Å². The van der Waals surface area contributed by atoms with Gasteiger partial charge in [-0.15, -0.1) is 0 Å². The number of ether oxygens (including phenoxy) is 1. The Kier molecular flexibility index (Phi) is 6.13. The summed E-state index contributed by atoms with van der Waals surface area (Å²) in [6.07, 6.45) is -4.56. The highest BCUT2D eigenvalue weighted by molar-refractivity contribution is 6.30. The van der Waals surface area contributed by atoms with E-state index < -0.39 is 17.9 Å². The molecule has 2 atom stereocenters. The minimum absolute atomic E-state index is 0.0778. The van der Waals surface area contributed by atoms with E-state index in [0.29, 0.717) is 28.3 Å². The van der Waals surface area contributed by atoms with E-state index in [1.807, 2.05) is 24.3 Å². The molecule has 2 unspecified atom stereocenters. The minimum atomic E-state index is -4.41. The van der Waals surface area contributed by atoms with E-state index in [0.717, 1.165) is 23.4 Å². The molecular weight excluding hydrogens is 441 g/mol. The first-order chi connectivity index (χ1) is 15.2. The molecule has 8 heteroatoms. The van der Waals surface area contributed by atoms with E-state index in [-0.39, 0.29) is 11.8 Å². The lowest BCUT2D eigenvalue weighted by Gasteiger charge is -2.31. The van der Waals surface area contributed by atoms with Crippen molar-refractivity contribution < 1.29 is 23.0 Å². The largest absolute Gasteiger partial charge is 0.508 e. The summed E-state index contributed by atoms with van der Waals surface area (Å²) >= 11 is 6.15. The molecule has 0 fully saturated rings. The predicted molar refractivity (Wildman–Crippen MR) is 117 cm³/mol. The van der Waals surface area contributed by atoms with Gasteiger partial charge in [-0.1, -0.05) is 23.7 Å². The van der Waals surface area contributed by atoms with Crippen molar-refractivity contribution in [3.63, 3.8) is 0 Å². The van der Waals surface area contributed by atoms with Gasteiger partial charge >= 0.3 is 6.18 Å². The van der Waals surface area contributed by atoms with E-state index >= 15 is 0 Å². The molecule has 166 valence electrons. The van der Waals surface area contributed by atoms with Crippen LogP contribution in [0.2, 0.25) is 5.02 Å². The lowest BCUT2D eigenvalue weighted by molar-refractivity contribution is -0.137. The third kappa shape index (κ3) is 4.74. The Morgan fingerprint density at radius 2 is 1.72 bits per heavy atom. The zero-order valence-electron chi connectivity index (χ0n) is 17.0. The van der Waals surface area contributed by atoms with Gasteiger partial charge in [0.25, 0.3) is 0 Å². The highest BCUT2D eigenvalue weighted by Gasteiger charge is 2.31. The van der Waals surface area contributed by atoms with Gasteiger partial charge in [0.2, 0.25) is 0 Å². The zero-order valence-corrected chi connectivity index (χ0v) is 17.8. The number of hydrogen-bond acceptors (Lipinski definition) is 4. The third-order valence-corrected chi connectivity index (χ3v) is 5.62. The molecule has 32 heavy (non-hydrogen) atoms. The summed E-state index contributed by atoms with van der Waals surface area (Å²) in [7, 11) is 1.58. The van der Waals surface area contributed by atoms with Gasteiger partial charge in [0.1, 0.15) is 17.7 Å². The molecule has 0 aromatic heterocycles. The quantitative estimate of drug-likeness (QED) is 0.480. The number of hydrogen-bond donors (Lipinski definition) is 2. The fraction of sp³-hybridized carbons (Fsp3) is 0.208. The molecule has 0 aliphatic carbocycles. The Balaban J connectivity index is 1.73. The van der Waals surface area contributed by atoms with E-state index in [9.17, 15) is 18.3 Å². The van der Waals surface area contributed by atoms with Crippen LogP contribution in [0.1, 0.15) is 40.9 Å². The van der Waals surface area contributed by atoms with E-state index in [1.165, 1.54) is 18.2 Å². The number of rotatable bonds is 4. The molecule has 4 rings (SSSR count). The van der Waals surface area contributed by atoms with Gasteiger partial charge in [0.15, 0.2) is 0 Å². The smallest absolute Gasteiger partial charge is 0.416 e. The van der Waals surface area contributed by atoms with Crippen LogP contribution in [0.5, 0.6) is 11.5 Å². The van der Waals surface area contributed by atoms with Crippen molar-refractivity contribution >= 4 is 17.3 Å². The maximum Gasteiger partial charge on any atom is 0.416 e. The molecule has 3 aromatic rings. The fourth-order valence-corrected chi connectivity index (χ4v) is 3.87. The van der Waals surface area contributed by atoms with Crippen molar-refractivity contribution in [1.82, 2.24) is 5.32 Å². The minimum Gasteiger partial charge on any atom is -0.508 e. The average Bonchev–Trinajstić information content (AvgIpc) is 2.80. The average molecular weight is 461 g/mol. The predicted octanol–water partition coefficient (Wildman–Crippen LogP) is 6.30. The lowest BCUT2D eigenvalue weighted by atomic mass is 9.93. The number of alkyl halides is 3. The van der Waals surface area contributed by atoms with Gasteiger partial charge in [-0.05, 0) is 65.7 Å². The third-order valence-electron chi connectivity index (χ3n) is 5.38. The first-order valence-electron chi connectivity index (χ1n) is 9.87. The van der Waals surface area contributed by atoms with Gasteiger partial charge in [-0.2, -0.15) is 13.2 Å². The second-order valence-corrected chi connectivity index (χ2v) is 7.89. The van der Waals surface area contributed by atoms with E-state index in [4.69, 9.17) is 21.3 Å². The Bertz CT molecular complexity index is 1130. The summed E-state index contributed by atoms with van der Waals surface area (Å²) in [6.45, 7) is 0. The van der Waals surface area contributed by atoms with Crippen molar-refractivity contribution in [3.8, 4) is 11.5 Å². The van der Waals surface area contributed by atoms with Crippen LogP contribution in [0, 0.1) is 0 Å². The summed E-state index contributed by atoms with van der Waals surface area (Å²) in [4.78, 5) is 4.77. The molecule has 1 aliphatic rings. The molecule has 0 radical (unpaired) electrons. The Hall–Kier alpha value is -3.03. The van der Waals surface area contributed by atoms with E-state index in [2.05, 4.69) is 5.32 Å². The molecule has 4 nitrogen and oxygen atoms in total. The number of nitrogens with one attached hydrogen (secondary N) is 1. The molecule has 0 saturated carbocycles. The Morgan fingerprint density at radius 3 is 2.34 bits per heavy atom. The lowest BCUT2D eigenvalue weighted by Crippen LogP contribution is -2.33. The van der Waals surface area contributed by atoms with Gasteiger partial charge in [0.05, 0.1) is 12.7 Å². The fourth-order valence-electron chi connectivity index (χ4n) is 3.69. The molecule has 3 aromatic carbocycles. The highest BCUT2D eigenvalue weighted by Crippen LogP contribution is 2.37. The van der Waals surface area contributed by atoms with Crippen molar-refractivity contribution in [3.05, 3.63) is 94.0 Å². The second-order valence-electron chi connectivity index (χ2n) is 7.45. The molecular formula is C24H20ClF3N2O2. The zero-order chi connectivity index (χ0) is 22.9. The van der Waals surface area contributed by atoms with Crippen LogP contribution in [0.25, 0.3) is 0 Å². The van der Waals surface area contributed by atoms with Gasteiger partial charge in [0, 0.05) is 28.8 Å². The molecule has 0 spiro atoms. The number of benzene rings is 3. The summed E-state index contributed by atoms with van der Waals surface area (Å²) in [5.41, 5.74) is 2.06. The monoisotopic (exact) mass is 460 g/mol. The highest BCUT2D eigenvalue weighted by atomic mass is 35.5. The standard InChI is InChI=1S/C24H20ClF3N2O2/c1-32-18-9-4-14(5-10-18)20-13-21(19-12-17(25)8-11-22(19)31)30-23(29-20)15-2-6-16(7-3-15)24(26,27)28/h2-12,21,23,30-31H,13H2,1H3. The summed E-state index contributed by atoms with van der Waals surface area (Å²) in [5.74, 6) is 0.778. The van der Waals surface area contributed by atoms with Crippen LogP contribution in [0.4, 0.5) is 13.2 Å². The van der Waals surface area contributed by atoms with Crippen molar-refractivity contribution in [2.45, 2.75) is 24.8 Å². The van der Waals surface area contributed by atoms with Crippen LogP contribution >= 0.6 is 11.6 Å². The summed E-state index contributed by atoms with van der Waals surface area (Å²) in [5, 5.41) is 14.2. The van der Waals surface area contributed by atoms with Crippen molar-refractivity contribution in [2.24, 2.45) is 4.99 Å². The SMILES string of the molecule is COc1ccc(C2=NC(c3ccc(C(F)(F)F)cc3)NC(c3cc(Cl)ccc3O)C2)cc1. The van der Waals surface area contributed by atoms with Gasteiger partial charge < -0.3 is 9.84 Å². The number of nitrogens with zero attached hydrogens (tertiary/aromatic N) is 1. The number of phenolic OH excluding ortho intramolecular Hbond substituents is 1. The molecule has 2 N–H and O–H groups in total. The molecule has 0 bridgehead atoms. The first-order valence-corrected chi connectivity index (χ1v) is 10.2. The molecule has 1 heterocycles. The van der Waals surface area contributed by atoms with Gasteiger partial charge in [-0.3, -0.25) is 10.3 Å². The van der Waals surface area contributed by atoms with Crippen LogP contribution < -0.4 is 10.1 Å². The second kappa shape index (κ2) is 8.84. The number of aliphatic imine (C=N–C) groups is 1. The van der Waals surface area contributed by atoms with Crippen LogP contribution in [-0.4, -0.2) is 17.9 Å². The molecule has 1 aliphatic heterocycles. The van der Waals surface area contributed by atoms with Crippen LogP contribution in [0.3, 0.4) is 0 Å². The first kappa shape index (κ1) is 22.2. The van der Waals surface area contributed by atoms with Crippen molar-refractivity contribution in [2.75, 3.05) is 7.11 Å². The molecule has 0 amide bonds. The van der Waals surface area contributed by atoms with Gasteiger partial charge in [-0.25, -0.2) is 0 Å². The topological polar surface area (TPSA) is 53.8 Å².